The molecule has 110 valence electrons. The number of carbonyl (C=O) groups excluding carboxylic acids is 1. The monoisotopic (exact) mass is 282 g/mol. The maximum absolute atomic E-state index is 12.4. The van der Waals surface area contributed by atoms with E-state index in [0.29, 0.717) is 5.56 Å². The molecule has 0 heterocycles. The summed E-state index contributed by atoms with van der Waals surface area (Å²) in [5.41, 5.74) is 6.89. The number of amides is 1. The molecule has 0 radical (unpaired) electrons. The number of nitrogens with two attached hydrogens (primary N) is 1. The Morgan fingerprint density at radius 2 is 1.76 bits per heavy atom. The summed E-state index contributed by atoms with van der Waals surface area (Å²) in [7, 11) is 0. The van der Waals surface area contributed by atoms with Gasteiger partial charge < -0.3 is 11.1 Å². The van der Waals surface area contributed by atoms with Gasteiger partial charge in [-0.3, -0.25) is 4.79 Å². The number of rotatable bonds is 2. The van der Waals surface area contributed by atoms with Gasteiger partial charge in [0, 0.05) is 17.6 Å². The largest absolute Gasteiger partial charge is 0.348 e. The first-order chi connectivity index (χ1) is 10.2. The second kappa shape index (κ2) is 6.27. The molecule has 0 bridgehead atoms. The first-order valence-corrected chi connectivity index (χ1v) is 7.79. The summed E-state index contributed by atoms with van der Waals surface area (Å²) >= 11 is 0. The van der Waals surface area contributed by atoms with E-state index in [1.54, 1.807) is 0 Å². The summed E-state index contributed by atoms with van der Waals surface area (Å²) in [4.78, 5) is 12.4. The summed E-state index contributed by atoms with van der Waals surface area (Å²) in [5.74, 6) is -0.0110. The summed E-state index contributed by atoms with van der Waals surface area (Å²) in [6.07, 6.45) is 5.53. The zero-order valence-electron chi connectivity index (χ0n) is 12.2. The van der Waals surface area contributed by atoms with Crippen LogP contribution in [0.1, 0.15) is 42.5 Å². The zero-order chi connectivity index (χ0) is 14.7. The molecule has 1 aliphatic rings. The average molecular weight is 282 g/mol. The molecule has 1 amide bonds. The second-order valence-electron chi connectivity index (χ2n) is 5.94. The first-order valence-electron chi connectivity index (χ1n) is 7.79. The lowest BCUT2D eigenvalue weighted by atomic mass is 10.0. The minimum absolute atomic E-state index is 0.0110. The van der Waals surface area contributed by atoms with Gasteiger partial charge in [-0.15, -0.1) is 0 Å². The Morgan fingerprint density at radius 3 is 2.62 bits per heavy atom. The Bertz CT molecular complexity index is 638. The van der Waals surface area contributed by atoms with Gasteiger partial charge in [0.15, 0.2) is 0 Å². The summed E-state index contributed by atoms with van der Waals surface area (Å²) in [6, 6.07) is 14.1. The number of hydrogen-bond donors (Lipinski definition) is 2. The van der Waals surface area contributed by atoms with E-state index >= 15 is 0 Å². The molecule has 0 spiro atoms. The van der Waals surface area contributed by atoms with Crippen molar-refractivity contribution in [3.05, 3.63) is 48.0 Å². The van der Waals surface area contributed by atoms with E-state index in [9.17, 15) is 4.79 Å². The third-order valence-electron chi connectivity index (χ3n) is 4.40. The van der Waals surface area contributed by atoms with Crippen molar-refractivity contribution in [3.63, 3.8) is 0 Å². The van der Waals surface area contributed by atoms with Gasteiger partial charge in [-0.05, 0) is 35.7 Å². The van der Waals surface area contributed by atoms with Crippen LogP contribution in [0.4, 0.5) is 0 Å². The van der Waals surface area contributed by atoms with Gasteiger partial charge in [0.1, 0.15) is 0 Å². The lowest BCUT2D eigenvalue weighted by Crippen LogP contribution is -2.46. The van der Waals surface area contributed by atoms with Crippen molar-refractivity contribution in [2.45, 2.75) is 44.2 Å². The van der Waals surface area contributed by atoms with Crippen molar-refractivity contribution >= 4 is 16.7 Å². The molecule has 3 N–H and O–H groups in total. The van der Waals surface area contributed by atoms with Gasteiger partial charge in [0.05, 0.1) is 0 Å². The van der Waals surface area contributed by atoms with Crippen molar-refractivity contribution in [3.8, 4) is 0 Å². The highest BCUT2D eigenvalue weighted by Crippen LogP contribution is 2.19. The van der Waals surface area contributed by atoms with E-state index in [2.05, 4.69) is 11.4 Å². The Kier molecular flexibility index (Phi) is 4.20. The Labute approximate surface area is 125 Å². The van der Waals surface area contributed by atoms with E-state index in [1.165, 1.54) is 12.8 Å². The molecule has 0 aliphatic heterocycles. The Balaban J connectivity index is 1.76. The van der Waals surface area contributed by atoms with Crippen molar-refractivity contribution in [2.75, 3.05) is 0 Å². The van der Waals surface area contributed by atoms with Gasteiger partial charge >= 0.3 is 0 Å². The van der Waals surface area contributed by atoms with Crippen LogP contribution in [0.5, 0.6) is 0 Å². The fourth-order valence-corrected chi connectivity index (χ4v) is 3.10. The van der Waals surface area contributed by atoms with E-state index < -0.39 is 0 Å². The van der Waals surface area contributed by atoms with Crippen LogP contribution in [-0.4, -0.2) is 18.0 Å². The molecule has 1 saturated carbocycles. The maximum Gasteiger partial charge on any atom is 0.251 e. The average Bonchev–Trinajstić information content (AvgIpc) is 2.72. The standard InChI is InChI=1S/C18H22N2O/c19-16-8-2-1-3-9-17(16)20-18(21)15-11-10-13-6-4-5-7-14(13)12-15/h4-7,10-12,16-17H,1-3,8-9,19H2,(H,20,21). The molecule has 0 saturated heterocycles. The lowest BCUT2D eigenvalue weighted by Gasteiger charge is -2.22. The van der Waals surface area contributed by atoms with Crippen LogP contribution >= 0.6 is 0 Å². The van der Waals surface area contributed by atoms with Gasteiger partial charge in [0.25, 0.3) is 5.91 Å². The fourth-order valence-electron chi connectivity index (χ4n) is 3.10. The van der Waals surface area contributed by atoms with Crippen LogP contribution in [0.15, 0.2) is 42.5 Å². The quantitative estimate of drug-likeness (QED) is 0.831. The number of carbonyl (C=O) groups is 1. The number of nitrogens with one attached hydrogen (secondary N) is 1. The van der Waals surface area contributed by atoms with Crippen LogP contribution in [0, 0.1) is 0 Å². The van der Waals surface area contributed by atoms with E-state index in [-0.39, 0.29) is 18.0 Å². The first kappa shape index (κ1) is 14.1. The van der Waals surface area contributed by atoms with Gasteiger partial charge in [-0.25, -0.2) is 0 Å². The maximum atomic E-state index is 12.4. The summed E-state index contributed by atoms with van der Waals surface area (Å²) in [6.45, 7) is 0. The van der Waals surface area contributed by atoms with Gasteiger partial charge in [-0.2, -0.15) is 0 Å². The van der Waals surface area contributed by atoms with Crippen LogP contribution in [0.3, 0.4) is 0 Å². The lowest BCUT2D eigenvalue weighted by molar-refractivity contribution is 0.0929. The molecule has 1 fully saturated rings. The van der Waals surface area contributed by atoms with Crippen molar-refractivity contribution in [1.29, 1.82) is 0 Å². The molecule has 2 aromatic carbocycles. The van der Waals surface area contributed by atoms with Crippen molar-refractivity contribution in [2.24, 2.45) is 5.73 Å². The van der Waals surface area contributed by atoms with Gasteiger partial charge in [-0.1, -0.05) is 49.6 Å². The second-order valence-corrected chi connectivity index (χ2v) is 5.94. The van der Waals surface area contributed by atoms with E-state index in [0.717, 1.165) is 30.0 Å². The molecule has 2 unspecified atom stereocenters. The van der Waals surface area contributed by atoms with E-state index in [4.69, 9.17) is 5.73 Å². The molecule has 21 heavy (non-hydrogen) atoms. The van der Waals surface area contributed by atoms with Crippen LogP contribution < -0.4 is 11.1 Å². The molecular formula is C18H22N2O. The highest BCUT2D eigenvalue weighted by molar-refractivity contribution is 5.98. The number of benzene rings is 2. The van der Waals surface area contributed by atoms with Crippen LogP contribution in [0.25, 0.3) is 10.8 Å². The molecule has 3 nitrogen and oxygen atoms in total. The SMILES string of the molecule is NC1CCCCCC1NC(=O)c1ccc2ccccc2c1. The van der Waals surface area contributed by atoms with Gasteiger partial charge in [0.2, 0.25) is 0 Å². The third kappa shape index (κ3) is 3.24. The molecule has 3 heteroatoms. The summed E-state index contributed by atoms with van der Waals surface area (Å²) < 4.78 is 0. The zero-order valence-corrected chi connectivity index (χ0v) is 12.2. The molecule has 2 aromatic rings. The highest BCUT2D eigenvalue weighted by Gasteiger charge is 2.22. The minimum atomic E-state index is -0.0110. The molecule has 0 aromatic heterocycles. The van der Waals surface area contributed by atoms with Crippen molar-refractivity contribution < 1.29 is 4.79 Å². The van der Waals surface area contributed by atoms with Crippen LogP contribution in [0.2, 0.25) is 0 Å². The molecule has 1 aliphatic carbocycles. The smallest absolute Gasteiger partial charge is 0.251 e. The Hall–Kier alpha value is -1.87. The minimum Gasteiger partial charge on any atom is -0.348 e. The third-order valence-corrected chi connectivity index (χ3v) is 4.40. The number of fused-ring (bicyclic) bond motifs is 1. The van der Waals surface area contributed by atoms with Crippen molar-refractivity contribution in [1.82, 2.24) is 5.32 Å². The predicted octanol–water partition coefficient (Wildman–Crippen LogP) is 3.23. The molecule has 3 rings (SSSR count). The molecule has 2 atom stereocenters. The normalized spacial score (nSPS) is 22.7. The van der Waals surface area contributed by atoms with Crippen LogP contribution in [-0.2, 0) is 0 Å². The van der Waals surface area contributed by atoms with E-state index in [1.807, 2.05) is 36.4 Å². The molecular weight excluding hydrogens is 260 g/mol. The summed E-state index contributed by atoms with van der Waals surface area (Å²) in [5, 5.41) is 5.37. The topological polar surface area (TPSA) is 55.1 Å². The predicted molar refractivity (Wildman–Crippen MR) is 86.3 cm³/mol. The Morgan fingerprint density at radius 1 is 1.00 bits per heavy atom. The number of hydrogen-bond acceptors (Lipinski definition) is 2. The highest BCUT2D eigenvalue weighted by atomic mass is 16.1. The fraction of sp³-hybridized carbons (Fsp3) is 0.389.